The van der Waals surface area contributed by atoms with Gasteiger partial charge >= 0.3 is 0 Å². The Balaban J connectivity index is 1.65. The highest BCUT2D eigenvalue weighted by Gasteiger charge is 2.41. The number of piperazine rings is 1. The number of benzene rings is 1. The standard InChI is InChI=1S/C19H25N5O3S/c1-27-15-4-2-14(3-5-15)13-24(28(25,26)16-6-7-16)18-8-9-22-19(23-18)17-12-20-10-11-21-17/h2-5,8-9,16-17,20-21H,6-7,10-13H2,1H3. The van der Waals surface area contributed by atoms with Crippen LogP contribution in [0.5, 0.6) is 5.75 Å². The third-order valence-corrected chi connectivity index (χ3v) is 7.25. The summed E-state index contributed by atoms with van der Waals surface area (Å²) in [6, 6.07) is 9.07. The molecule has 1 aliphatic heterocycles. The fourth-order valence-electron chi connectivity index (χ4n) is 3.25. The Morgan fingerprint density at radius 1 is 1.18 bits per heavy atom. The molecule has 1 atom stereocenters. The summed E-state index contributed by atoms with van der Waals surface area (Å²) in [7, 11) is -1.86. The molecule has 2 heterocycles. The molecule has 28 heavy (non-hydrogen) atoms. The van der Waals surface area contributed by atoms with E-state index in [9.17, 15) is 8.42 Å². The van der Waals surface area contributed by atoms with Crippen LogP contribution in [-0.2, 0) is 16.6 Å². The van der Waals surface area contributed by atoms with E-state index in [2.05, 4.69) is 20.6 Å². The van der Waals surface area contributed by atoms with Crippen molar-refractivity contribution in [1.29, 1.82) is 0 Å². The second-order valence-electron chi connectivity index (χ2n) is 7.08. The summed E-state index contributed by atoms with van der Waals surface area (Å²) in [5.74, 6) is 1.76. The maximum absolute atomic E-state index is 13.1. The molecule has 2 N–H and O–H groups in total. The minimum absolute atomic E-state index is 0.0276. The SMILES string of the molecule is COc1ccc(CN(c2ccnc(C3CNCCN3)n2)S(=O)(=O)C2CC2)cc1. The first-order valence-electron chi connectivity index (χ1n) is 9.49. The summed E-state index contributed by atoms with van der Waals surface area (Å²) in [4.78, 5) is 8.98. The highest BCUT2D eigenvalue weighted by molar-refractivity contribution is 7.93. The molecule has 0 radical (unpaired) electrons. The summed E-state index contributed by atoms with van der Waals surface area (Å²) in [6.07, 6.45) is 3.04. The number of ether oxygens (including phenoxy) is 1. The lowest BCUT2D eigenvalue weighted by atomic mass is 10.2. The van der Waals surface area contributed by atoms with Gasteiger partial charge in [0.05, 0.1) is 24.9 Å². The van der Waals surface area contributed by atoms with Gasteiger partial charge in [-0.25, -0.2) is 22.7 Å². The van der Waals surface area contributed by atoms with Crippen molar-refractivity contribution in [3.8, 4) is 5.75 Å². The van der Waals surface area contributed by atoms with Gasteiger partial charge in [0.2, 0.25) is 10.0 Å². The van der Waals surface area contributed by atoms with Crippen molar-refractivity contribution in [2.24, 2.45) is 0 Å². The zero-order valence-electron chi connectivity index (χ0n) is 15.8. The molecule has 1 aromatic heterocycles. The van der Waals surface area contributed by atoms with E-state index < -0.39 is 10.0 Å². The first-order valence-corrected chi connectivity index (χ1v) is 11.0. The molecule has 1 unspecified atom stereocenters. The van der Waals surface area contributed by atoms with Crippen LogP contribution in [0.4, 0.5) is 5.82 Å². The zero-order chi connectivity index (χ0) is 19.6. The predicted molar refractivity (Wildman–Crippen MR) is 107 cm³/mol. The van der Waals surface area contributed by atoms with E-state index in [1.807, 2.05) is 24.3 Å². The van der Waals surface area contributed by atoms with Gasteiger partial charge in [-0.15, -0.1) is 0 Å². The van der Waals surface area contributed by atoms with Crippen LogP contribution in [0.25, 0.3) is 0 Å². The molecule has 1 aliphatic carbocycles. The molecule has 0 bridgehead atoms. The van der Waals surface area contributed by atoms with E-state index in [4.69, 9.17) is 4.74 Å². The van der Waals surface area contributed by atoms with Crippen molar-refractivity contribution in [3.63, 3.8) is 0 Å². The van der Waals surface area contributed by atoms with Crippen LogP contribution in [0.3, 0.4) is 0 Å². The molecular weight excluding hydrogens is 378 g/mol. The molecule has 0 spiro atoms. The molecule has 9 heteroatoms. The monoisotopic (exact) mass is 403 g/mol. The molecule has 1 saturated carbocycles. The Bertz CT molecular complexity index is 909. The molecule has 150 valence electrons. The second-order valence-corrected chi connectivity index (χ2v) is 9.22. The number of hydrogen-bond acceptors (Lipinski definition) is 7. The maximum atomic E-state index is 13.1. The van der Waals surface area contributed by atoms with E-state index in [0.717, 1.165) is 30.9 Å². The highest BCUT2D eigenvalue weighted by Crippen LogP contribution is 2.34. The molecule has 0 amide bonds. The van der Waals surface area contributed by atoms with Crippen molar-refractivity contribution >= 4 is 15.8 Å². The number of methoxy groups -OCH3 is 1. The lowest BCUT2D eigenvalue weighted by Gasteiger charge is -2.26. The quantitative estimate of drug-likeness (QED) is 0.717. The van der Waals surface area contributed by atoms with Gasteiger partial charge in [0.25, 0.3) is 0 Å². The highest BCUT2D eigenvalue weighted by atomic mass is 32.2. The number of aromatic nitrogens is 2. The minimum atomic E-state index is -3.47. The number of rotatable bonds is 7. The van der Waals surface area contributed by atoms with Gasteiger partial charge in [0.1, 0.15) is 17.4 Å². The summed E-state index contributed by atoms with van der Waals surface area (Å²) in [5, 5.41) is 6.35. The predicted octanol–water partition coefficient (Wildman–Crippen LogP) is 1.22. The van der Waals surface area contributed by atoms with Gasteiger partial charge in [-0.3, -0.25) is 0 Å². The van der Waals surface area contributed by atoms with Crippen molar-refractivity contribution in [1.82, 2.24) is 20.6 Å². The fourth-order valence-corrected chi connectivity index (χ4v) is 5.03. The van der Waals surface area contributed by atoms with Gasteiger partial charge in [-0.2, -0.15) is 0 Å². The Hall–Kier alpha value is -2.23. The van der Waals surface area contributed by atoms with Crippen molar-refractivity contribution in [2.75, 3.05) is 31.0 Å². The van der Waals surface area contributed by atoms with Crippen LogP contribution in [0, 0.1) is 0 Å². The van der Waals surface area contributed by atoms with Gasteiger partial charge in [-0.05, 0) is 30.5 Å². The van der Waals surface area contributed by atoms with Gasteiger partial charge < -0.3 is 15.4 Å². The van der Waals surface area contributed by atoms with Crippen LogP contribution in [0.15, 0.2) is 36.5 Å². The van der Waals surface area contributed by atoms with E-state index in [-0.39, 0.29) is 17.8 Å². The zero-order valence-corrected chi connectivity index (χ0v) is 16.7. The van der Waals surface area contributed by atoms with Gasteiger partial charge in [0, 0.05) is 31.9 Å². The first kappa shape index (κ1) is 19.1. The lowest BCUT2D eigenvalue weighted by molar-refractivity contribution is 0.414. The summed E-state index contributed by atoms with van der Waals surface area (Å²) >= 11 is 0. The van der Waals surface area contributed by atoms with Crippen molar-refractivity contribution in [3.05, 3.63) is 47.9 Å². The summed E-state index contributed by atoms with van der Waals surface area (Å²) < 4.78 is 32.9. The molecule has 4 rings (SSSR count). The summed E-state index contributed by atoms with van der Waals surface area (Å²) in [6.45, 7) is 2.68. The Morgan fingerprint density at radius 2 is 1.96 bits per heavy atom. The Kier molecular flexibility index (Phi) is 5.47. The molecule has 2 aliphatic rings. The average Bonchev–Trinajstić information content (AvgIpc) is 3.59. The third kappa shape index (κ3) is 4.11. The second kappa shape index (κ2) is 8.02. The van der Waals surface area contributed by atoms with Crippen LogP contribution < -0.4 is 19.7 Å². The van der Waals surface area contributed by atoms with Crippen LogP contribution >= 0.6 is 0 Å². The number of hydrogen-bond donors (Lipinski definition) is 2. The number of anilines is 1. The minimum Gasteiger partial charge on any atom is -0.497 e. The molecule has 2 fully saturated rings. The topological polar surface area (TPSA) is 96.4 Å². The van der Waals surface area contributed by atoms with Gasteiger partial charge in [-0.1, -0.05) is 12.1 Å². The molecule has 1 aromatic carbocycles. The third-order valence-electron chi connectivity index (χ3n) is 5.01. The normalized spacial score (nSPS) is 20.0. The Morgan fingerprint density at radius 3 is 2.61 bits per heavy atom. The van der Waals surface area contributed by atoms with Crippen LogP contribution in [0.2, 0.25) is 0 Å². The van der Waals surface area contributed by atoms with E-state index in [1.165, 1.54) is 4.31 Å². The van der Waals surface area contributed by atoms with E-state index >= 15 is 0 Å². The number of sulfonamides is 1. The molecule has 1 saturated heterocycles. The number of nitrogens with zero attached hydrogens (tertiary/aromatic N) is 3. The molecule has 2 aromatic rings. The average molecular weight is 404 g/mol. The van der Waals surface area contributed by atoms with Crippen molar-refractivity contribution < 1.29 is 13.2 Å². The first-order chi connectivity index (χ1) is 13.6. The largest absolute Gasteiger partial charge is 0.497 e. The maximum Gasteiger partial charge on any atom is 0.239 e. The van der Waals surface area contributed by atoms with Crippen LogP contribution in [0.1, 0.15) is 30.3 Å². The van der Waals surface area contributed by atoms with E-state index in [0.29, 0.717) is 24.5 Å². The Labute approximate surface area is 165 Å². The van der Waals surface area contributed by atoms with Crippen LogP contribution in [-0.4, -0.2) is 50.4 Å². The van der Waals surface area contributed by atoms with Gasteiger partial charge in [0.15, 0.2) is 0 Å². The number of nitrogens with one attached hydrogen (secondary N) is 2. The lowest BCUT2D eigenvalue weighted by Crippen LogP contribution is -2.43. The molecule has 8 nitrogen and oxygen atoms in total. The van der Waals surface area contributed by atoms with Crippen molar-refractivity contribution in [2.45, 2.75) is 30.7 Å². The van der Waals surface area contributed by atoms with E-state index in [1.54, 1.807) is 19.4 Å². The smallest absolute Gasteiger partial charge is 0.239 e. The summed E-state index contributed by atoms with van der Waals surface area (Å²) in [5.41, 5.74) is 0.877. The fraction of sp³-hybridized carbons (Fsp3) is 0.474. The molecular formula is C19H25N5O3S.